The summed E-state index contributed by atoms with van der Waals surface area (Å²) in [5.74, 6) is 0. The third-order valence-electron chi connectivity index (χ3n) is 3.03. The van der Waals surface area contributed by atoms with Gasteiger partial charge in [0.2, 0.25) is 0 Å². The van der Waals surface area contributed by atoms with Crippen LogP contribution in [0.5, 0.6) is 0 Å². The van der Waals surface area contributed by atoms with Gasteiger partial charge in [-0.1, -0.05) is 60.7 Å². The summed E-state index contributed by atoms with van der Waals surface area (Å²) in [6.07, 6.45) is 0.547. The first-order chi connectivity index (χ1) is 8.74. The molecule has 2 heteroatoms. The van der Waals surface area contributed by atoms with E-state index in [2.05, 4.69) is 0 Å². The molecule has 2 aromatic rings. The van der Waals surface area contributed by atoms with Gasteiger partial charge in [-0.15, -0.1) is 0 Å². The van der Waals surface area contributed by atoms with Gasteiger partial charge in [-0.25, -0.2) is 0 Å². The number of benzene rings is 2. The molecule has 0 saturated carbocycles. The van der Waals surface area contributed by atoms with E-state index in [9.17, 15) is 5.11 Å². The SMILES string of the molecule is COCC(O)(Cc1ccccc1)c1ccccc1. The van der Waals surface area contributed by atoms with Gasteiger partial charge in [0.25, 0.3) is 0 Å². The van der Waals surface area contributed by atoms with Crippen LogP contribution in [0.4, 0.5) is 0 Å². The van der Waals surface area contributed by atoms with Crippen LogP contribution >= 0.6 is 0 Å². The minimum absolute atomic E-state index is 0.284. The van der Waals surface area contributed by atoms with E-state index in [1.165, 1.54) is 0 Å². The molecule has 0 aliphatic rings. The van der Waals surface area contributed by atoms with Crippen molar-refractivity contribution in [2.75, 3.05) is 13.7 Å². The Hall–Kier alpha value is -1.64. The van der Waals surface area contributed by atoms with E-state index in [1.807, 2.05) is 60.7 Å². The van der Waals surface area contributed by atoms with Crippen LogP contribution in [-0.4, -0.2) is 18.8 Å². The van der Waals surface area contributed by atoms with Crippen LogP contribution in [0, 0.1) is 0 Å². The number of rotatable bonds is 5. The molecule has 0 spiro atoms. The molecule has 0 heterocycles. The van der Waals surface area contributed by atoms with Crippen LogP contribution in [0.1, 0.15) is 11.1 Å². The van der Waals surface area contributed by atoms with E-state index < -0.39 is 5.60 Å². The Morgan fingerprint density at radius 3 is 2.06 bits per heavy atom. The molecule has 0 amide bonds. The summed E-state index contributed by atoms with van der Waals surface area (Å²) >= 11 is 0. The maximum atomic E-state index is 10.8. The smallest absolute Gasteiger partial charge is 0.117 e. The predicted octanol–water partition coefficient (Wildman–Crippen LogP) is 2.76. The molecular weight excluding hydrogens is 224 g/mol. The molecule has 18 heavy (non-hydrogen) atoms. The summed E-state index contributed by atoms with van der Waals surface area (Å²) in [7, 11) is 1.61. The lowest BCUT2D eigenvalue weighted by atomic mass is 9.88. The fourth-order valence-corrected chi connectivity index (χ4v) is 2.16. The summed E-state index contributed by atoms with van der Waals surface area (Å²) in [4.78, 5) is 0. The van der Waals surface area contributed by atoms with Crippen molar-refractivity contribution in [2.24, 2.45) is 0 Å². The van der Waals surface area contributed by atoms with Gasteiger partial charge in [-0.05, 0) is 11.1 Å². The molecular formula is C16H18O2. The fraction of sp³-hybridized carbons (Fsp3) is 0.250. The molecule has 0 aromatic heterocycles. The molecule has 94 valence electrons. The van der Waals surface area contributed by atoms with Gasteiger partial charge in [0.15, 0.2) is 0 Å². The minimum atomic E-state index is -0.975. The van der Waals surface area contributed by atoms with Crippen LogP contribution in [0.2, 0.25) is 0 Å². The second-order valence-electron chi connectivity index (χ2n) is 4.49. The van der Waals surface area contributed by atoms with E-state index in [4.69, 9.17) is 4.74 Å². The molecule has 1 unspecified atom stereocenters. The van der Waals surface area contributed by atoms with Gasteiger partial charge in [0, 0.05) is 13.5 Å². The summed E-state index contributed by atoms with van der Waals surface area (Å²) in [5, 5.41) is 10.8. The molecule has 0 radical (unpaired) electrons. The van der Waals surface area contributed by atoms with Crippen molar-refractivity contribution in [2.45, 2.75) is 12.0 Å². The second kappa shape index (κ2) is 5.80. The van der Waals surface area contributed by atoms with Crippen molar-refractivity contribution in [1.29, 1.82) is 0 Å². The Kier molecular flexibility index (Phi) is 4.13. The summed E-state index contributed by atoms with van der Waals surface area (Å²) in [5.41, 5.74) is 1.01. The Morgan fingerprint density at radius 2 is 1.50 bits per heavy atom. The molecule has 0 saturated heterocycles. The zero-order chi connectivity index (χ0) is 12.8. The fourth-order valence-electron chi connectivity index (χ4n) is 2.16. The molecule has 2 nitrogen and oxygen atoms in total. The van der Waals surface area contributed by atoms with Crippen molar-refractivity contribution in [1.82, 2.24) is 0 Å². The highest BCUT2D eigenvalue weighted by Crippen LogP contribution is 2.26. The molecule has 1 atom stereocenters. The van der Waals surface area contributed by atoms with Gasteiger partial charge >= 0.3 is 0 Å². The number of methoxy groups -OCH3 is 1. The van der Waals surface area contributed by atoms with Crippen LogP contribution in [0.3, 0.4) is 0 Å². The van der Waals surface area contributed by atoms with E-state index in [0.29, 0.717) is 6.42 Å². The number of ether oxygens (including phenoxy) is 1. The van der Waals surface area contributed by atoms with Crippen molar-refractivity contribution in [3.8, 4) is 0 Å². The average molecular weight is 242 g/mol. The van der Waals surface area contributed by atoms with Crippen molar-refractivity contribution in [3.63, 3.8) is 0 Å². The largest absolute Gasteiger partial charge is 0.382 e. The minimum Gasteiger partial charge on any atom is -0.382 e. The zero-order valence-electron chi connectivity index (χ0n) is 10.5. The van der Waals surface area contributed by atoms with Gasteiger partial charge in [-0.3, -0.25) is 0 Å². The number of hydrogen-bond donors (Lipinski definition) is 1. The van der Waals surface area contributed by atoms with Crippen LogP contribution in [-0.2, 0) is 16.8 Å². The van der Waals surface area contributed by atoms with Gasteiger partial charge < -0.3 is 9.84 Å². The Balaban J connectivity index is 2.27. The monoisotopic (exact) mass is 242 g/mol. The van der Waals surface area contributed by atoms with E-state index in [0.717, 1.165) is 11.1 Å². The van der Waals surface area contributed by atoms with Gasteiger partial charge in [-0.2, -0.15) is 0 Å². The van der Waals surface area contributed by atoms with Crippen LogP contribution < -0.4 is 0 Å². The quantitative estimate of drug-likeness (QED) is 0.873. The van der Waals surface area contributed by atoms with Crippen LogP contribution in [0.25, 0.3) is 0 Å². The standard InChI is InChI=1S/C16H18O2/c1-18-13-16(17,15-10-6-3-7-11-15)12-14-8-4-2-5-9-14/h2-11,17H,12-13H2,1H3. The van der Waals surface area contributed by atoms with E-state index in [1.54, 1.807) is 7.11 Å². The number of hydrogen-bond acceptors (Lipinski definition) is 2. The first-order valence-corrected chi connectivity index (χ1v) is 6.05. The molecule has 0 bridgehead atoms. The summed E-state index contributed by atoms with van der Waals surface area (Å²) in [6.45, 7) is 0.284. The molecule has 1 N–H and O–H groups in total. The first kappa shape index (κ1) is 12.8. The maximum Gasteiger partial charge on any atom is 0.117 e. The highest BCUT2D eigenvalue weighted by Gasteiger charge is 2.29. The Morgan fingerprint density at radius 1 is 0.944 bits per heavy atom. The van der Waals surface area contributed by atoms with Crippen molar-refractivity contribution >= 4 is 0 Å². The molecule has 0 fully saturated rings. The highest BCUT2D eigenvalue weighted by atomic mass is 16.5. The van der Waals surface area contributed by atoms with E-state index >= 15 is 0 Å². The number of aliphatic hydroxyl groups is 1. The maximum absolute atomic E-state index is 10.8. The van der Waals surface area contributed by atoms with Gasteiger partial charge in [0.05, 0.1) is 6.61 Å². The first-order valence-electron chi connectivity index (χ1n) is 6.05. The lowest BCUT2D eigenvalue weighted by molar-refractivity contribution is -0.0355. The molecule has 2 aromatic carbocycles. The summed E-state index contributed by atoms with van der Waals surface area (Å²) < 4.78 is 5.18. The normalized spacial score (nSPS) is 14.1. The van der Waals surface area contributed by atoms with Crippen LogP contribution in [0.15, 0.2) is 60.7 Å². The third-order valence-corrected chi connectivity index (χ3v) is 3.03. The Labute approximate surface area is 108 Å². The highest BCUT2D eigenvalue weighted by molar-refractivity contribution is 5.27. The predicted molar refractivity (Wildman–Crippen MR) is 72.4 cm³/mol. The lowest BCUT2D eigenvalue weighted by Crippen LogP contribution is -2.33. The average Bonchev–Trinajstić information content (AvgIpc) is 2.41. The second-order valence-corrected chi connectivity index (χ2v) is 4.49. The lowest BCUT2D eigenvalue weighted by Gasteiger charge is -2.28. The third kappa shape index (κ3) is 2.97. The molecule has 2 rings (SSSR count). The Bertz CT molecular complexity index is 467. The van der Waals surface area contributed by atoms with Gasteiger partial charge in [0.1, 0.15) is 5.60 Å². The molecule has 0 aliphatic carbocycles. The summed E-state index contributed by atoms with van der Waals surface area (Å²) in [6, 6.07) is 19.6. The van der Waals surface area contributed by atoms with E-state index in [-0.39, 0.29) is 6.61 Å². The molecule has 0 aliphatic heterocycles. The zero-order valence-corrected chi connectivity index (χ0v) is 10.5. The topological polar surface area (TPSA) is 29.5 Å². The van der Waals surface area contributed by atoms with Crippen molar-refractivity contribution in [3.05, 3.63) is 71.8 Å². The van der Waals surface area contributed by atoms with Crippen molar-refractivity contribution < 1.29 is 9.84 Å².